The highest BCUT2D eigenvalue weighted by atomic mass is 16.5. The lowest BCUT2D eigenvalue weighted by atomic mass is 10.1. The Kier molecular flexibility index (Phi) is 5.75. The van der Waals surface area contributed by atoms with Gasteiger partial charge in [-0.15, -0.1) is 0 Å². The summed E-state index contributed by atoms with van der Waals surface area (Å²) in [5, 5.41) is 2.70. The molecule has 0 aliphatic rings. The van der Waals surface area contributed by atoms with Crippen LogP contribution in [0.25, 0.3) is 16.8 Å². The molecule has 0 aliphatic carbocycles. The van der Waals surface area contributed by atoms with Gasteiger partial charge in [0.1, 0.15) is 0 Å². The first-order valence-electron chi connectivity index (χ1n) is 9.59. The van der Waals surface area contributed by atoms with Gasteiger partial charge in [-0.1, -0.05) is 42.5 Å². The lowest BCUT2D eigenvalue weighted by Crippen LogP contribution is -2.21. The minimum Gasteiger partial charge on any atom is -0.452 e. The molecule has 0 atom stereocenters. The van der Waals surface area contributed by atoms with Crippen molar-refractivity contribution < 1.29 is 14.3 Å². The van der Waals surface area contributed by atoms with Gasteiger partial charge in [-0.2, -0.15) is 0 Å². The Hall–Kier alpha value is -4.39. The smallest absolute Gasteiger partial charge is 0.338 e. The Morgan fingerprint density at radius 2 is 1.55 bits per heavy atom. The number of esters is 1. The van der Waals surface area contributed by atoms with Crippen molar-refractivity contribution >= 4 is 17.6 Å². The number of nitrogens with zero attached hydrogens (tertiary/aromatic N) is 1. The lowest BCUT2D eigenvalue weighted by Gasteiger charge is -2.08. The second kappa shape index (κ2) is 8.96. The average molecular weight is 413 g/mol. The van der Waals surface area contributed by atoms with Crippen LogP contribution in [0.3, 0.4) is 0 Å². The highest BCUT2D eigenvalue weighted by Crippen LogP contribution is 2.21. The van der Waals surface area contributed by atoms with Crippen molar-refractivity contribution in [2.45, 2.75) is 0 Å². The van der Waals surface area contributed by atoms with Crippen LogP contribution < -0.4 is 11.0 Å². The predicted molar refractivity (Wildman–Crippen MR) is 117 cm³/mol. The van der Waals surface area contributed by atoms with Gasteiger partial charge in [-0.25, -0.2) is 9.59 Å². The molecule has 0 radical (unpaired) electrons. The predicted octanol–water partition coefficient (Wildman–Crippen LogP) is 3.63. The number of benzene rings is 3. The molecule has 0 aliphatic heterocycles. The largest absolute Gasteiger partial charge is 0.452 e. The third kappa shape index (κ3) is 4.79. The number of carbonyl (C=O) groups is 2. The second-order valence-electron chi connectivity index (χ2n) is 6.75. The number of rotatable bonds is 6. The molecule has 7 nitrogen and oxygen atoms in total. The molecule has 0 saturated heterocycles. The molecule has 0 spiro atoms. The van der Waals surface area contributed by atoms with Gasteiger partial charge in [0, 0.05) is 18.1 Å². The van der Waals surface area contributed by atoms with Crippen LogP contribution in [0.1, 0.15) is 10.4 Å². The Morgan fingerprint density at radius 3 is 2.19 bits per heavy atom. The summed E-state index contributed by atoms with van der Waals surface area (Å²) in [5.74, 6) is -1.06. The van der Waals surface area contributed by atoms with Crippen molar-refractivity contribution in [1.82, 2.24) is 9.55 Å². The van der Waals surface area contributed by atoms with Gasteiger partial charge in [0.2, 0.25) is 0 Å². The van der Waals surface area contributed by atoms with E-state index in [0.717, 1.165) is 11.1 Å². The molecular formula is C24H19N3O4. The Bertz CT molecular complexity index is 1240. The third-order valence-electron chi connectivity index (χ3n) is 4.64. The molecular weight excluding hydrogens is 394 g/mol. The number of hydrogen-bond donors (Lipinski definition) is 2. The highest BCUT2D eigenvalue weighted by molar-refractivity contribution is 5.95. The van der Waals surface area contributed by atoms with Gasteiger partial charge in [0.25, 0.3) is 5.91 Å². The minimum atomic E-state index is -0.623. The first-order valence-corrected chi connectivity index (χ1v) is 9.59. The maximum Gasteiger partial charge on any atom is 0.338 e. The quantitative estimate of drug-likeness (QED) is 0.472. The fraction of sp³-hybridized carbons (Fsp3) is 0.0417. The van der Waals surface area contributed by atoms with E-state index in [2.05, 4.69) is 10.3 Å². The molecule has 0 unspecified atom stereocenters. The standard InChI is InChI=1S/C24H19N3O4/c28-22(26-20-10-6-18(7-11-20)17-4-2-1-3-5-17)16-31-23(29)19-8-12-21(13-9-19)27-15-14-25-24(27)30/h1-15H,16H2,(H,25,30)(H,26,28). The number of hydrogen-bond acceptors (Lipinski definition) is 4. The fourth-order valence-corrected chi connectivity index (χ4v) is 3.07. The van der Waals surface area contributed by atoms with E-state index < -0.39 is 18.5 Å². The maximum atomic E-state index is 12.2. The molecule has 4 rings (SSSR count). The van der Waals surface area contributed by atoms with Gasteiger partial charge in [-0.3, -0.25) is 9.36 Å². The fourth-order valence-electron chi connectivity index (χ4n) is 3.07. The van der Waals surface area contributed by atoms with E-state index in [4.69, 9.17) is 4.74 Å². The molecule has 0 fully saturated rings. The van der Waals surface area contributed by atoms with E-state index in [1.54, 1.807) is 30.5 Å². The summed E-state index contributed by atoms with van der Waals surface area (Å²) < 4.78 is 6.49. The van der Waals surface area contributed by atoms with Crippen LogP contribution in [0.2, 0.25) is 0 Å². The number of nitrogens with one attached hydrogen (secondary N) is 2. The van der Waals surface area contributed by atoms with Crippen LogP contribution in [-0.2, 0) is 9.53 Å². The van der Waals surface area contributed by atoms with Gasteiger partial charge >= 0.3 is 11.7 Å². The molecule has 31 heavy (non-hydrogen) atoms. The van der Waals surface area contributed by atoms with Crippen molar-refractivity contribution in [3.8, 4) is 16.8 Å². The minimum absolute atomic E-state index is 0.274. The molecule has 0 bridgehead atoms. The molecule has 4 aromatic rings. The Labute approximate surface area is 177 Å². The second-order valence-corrected chi connectivity index (χ2v) is 6.75. The number of imidazole rings is 1. The summed E-state index contributed by atoms with van der Waals surface area (Å²) in [4.78, 5) is 38.5. The zero-order valence-corrected chi connectivity index (χ0v) is 16.4. The summed E-state index contributed by atoms with van der Waals surface area (Å²) in [6.07, 6.45) is 3.12. The first kappa shape index (κ1) is 19.9. The van der Waals surface area contributed by atoms with Crippen LogP contribution >= 0.6 is 0 Å². The van der Waals surface area contributed by atoms with Gasteiger partial charge < -0.3 is 15.0 Å². The maximum absolute atomic E-state index is 12.2. The summed E-state index contributed by atoms with van der Waals surface area (Å²) in [5.41, 5.74) is 3.36. The van der Waals surface area contributed by atoms with E-state index in [-0.39, 0.29) is 11.3 Å². The molecule has 7 heteroatoms. The molecule has 1 heterocycles. The SMILES string of the molecule is O=C(COC(=O)c1ccc(-n2cc[nH]c2=O)cc1)Nc1ccc(-c2ccccc2)cc1. The van der Waals surface area contributed by atoms with Gasteiger partial charge in [0.05, 0.1) is 11.3 Å². The number of ether oxygens (including phenoxy) is 1. The summed E-state index contributed by atoms with van der Waals surface area (Å²) in [6.45, 7) is -0.404. The first-order chi connectivity index (χ1) is 15.1. The number of aromatic amines is 1. The lowest BCUT2D eigenvalue weighted by molar-refractivity contribution is -0.119. The van der Waals surface area contributed by atoms with Crippen molar-refractivity contribution in [3.05, 3.63) is 107 Å². The van der Waals surface area contributed by atoms with E-state index in [0.29, 0.717) is 11.4 Å². The number of aromatic nitrogens is 2. The number of carbonyl (C=O) groups excluding carboxylic acids is 2. The summed E-state index contributed by atoms with van der Waals surface area (Å²) >= 11 is 0. The third-order valence-corrected chi connectivity index (χ3v) is 4.64. The van der Waals surface area contributed by atoms with E-state index >= 15 is 0 Å². The van der Waals surface area contributed by atoms with Crippen LogP contribution in [-0.4, -0.2) is 28.0 Å². The molecule has 0 saturated carbocycles. The zero-order valence-electron chi connectivity index (χ0n) is 16.4. The molecule has 1 aromatic heterocycles. The number of H-pyrrole nitrogens is 1. The molecule has 154 valence electrons. The van der Waals surface area contributed by atoms with Crippen molar-refractivity contribution in [3.63, 3.8) is 0 Å². The summed E-state index contributed by atoms with van der Waals surface area (Å²) in [7, 11) is 0. The number of amides is 1. The zero-order chi connectivity index (χ0) is 21.6. The highest BCUT2D eigenvalue weighted by Gasteiger charge is 2.11. The van der Waals surface area contributed by atoms with Gasteiger partial charge in [-0.05, 0) is 47.5 Å². The van der Waals surface area contributed by atoms with Crippen molar-refractivity contribution in [2.24, 2.45) is 0 Å². The molecule has 2 N–H and O–H groups in total. The summed E-state index contributed by atoms with van der Waals surface area (Å²) in [6, 6.07) is 23.6. The van der Waals surface area contributed by atoms with Crippen LogP contribution in [0.5, 0.6) is 0 Å². The normalized spacial score (nSPS) is 10.5. The van der Waals surface area contributed by atoms with Crippen molar-refractivity contribution in [1.29, 1.82) is 0 Å². The van der Waals surface area contributed by atoms with Crippen LogP contribution in [0.15, 0.2) is 96.1 Å². The Balaban J connectivity index is 1.31. The molecule has 1 amide bonds. The molecule has 3 aromatic carbocycles. The van der Waals surface area contributed by atoms with E-state index in [1.165, 1.54) is 22.9 Å². The van der Waals surface area contributed by atoms with Crippen LogP contribution in [0.4, 0.5) is 5.69 Å². The topological polar surface area (TPSA) is 93.2 Å². The van der Waals surface area contributed by atoms with Gasteiger partial charge in [0.15, 0.2) is 6.61 Å². The van der Waals surface area contributed by atoms with E-state index in [9.17, 15) is 14.4 Å². The average Bonchev–Trinajstić information content (AvgIpc) is 3.24. The van der Waals surface area contributed by atoms with E-state index in [1.807, 2.05) is 42.5 Å². The van der Waals surface area contributed by atoms with Crippen molar-refractivity contribution in [2.75, 3.05) is 11.9 Å². The Morgan fingerprint density at radius 1 is 0.871 bits per heavy atom. The monoisotopic (exact) mass is 413 g/mol. The number of anilines is 1. The van der Waals surface area contributed by atoms with Crippen LogP contribution in [0, 0.1) is 0 Å².